The molecule has 0 aromatic rings. The van der Waals surface area contributed by atoms with Crippen LogP contribution in [0.4, 0.5) is 0 Å². The van der Waals surface area contributed by atoms with Crippen LogP contribution in [-0.4, -0.2) is 34.0 Å². The molecule has 9 heteroatoms. The molecule has 0 fully saturated rings. The van der Waals surface area contributed by atoms with E-state index in [0.29, 0.717) is 0 Å². The maximum Gasteiger partial charge on any atom is 0.394 e. The first-order valence-corrected chi connectivity index (χ1v) is 2.34. The van der Waals surface area contributed by atoms with E-state index in [-0.39, 0.29) is 17.1 Å². The van der Waals surface area contributed by atoms with E-state index in [2.05, 4.69) is 11.5 Å². The van der Waals surface area contributed by atoms with Crippen LogP contribution in [0.15, 0.2) is 0 Å². The molecule has 75 valence electrons. The van der Waals surface area contributed by atoms with Gasteiger partial charge in [0, 0.05) is 17.1 Å². The van der Waals surface area contributed by atoms with E-state index in [1.807, 2.05) is 0 Å². The number of carbonyl (C=O) groups is 4. The first-order chi connectivity index (χ1) is 5.29. The second kappa shape index (κ2) is 8.50. The number of carboxylic acids is 2. The summed E-state index contributed by atoms with van der Waals surface area (Å²) in [5.41, 5.74) is 8.39. The summed E-state index contributed by atoms with van der Waals surface area (Å²) in [6, 6.07) is 0. The summed E-state index contributed by atoms with van der Waals surface area (Å²) in [5.74, 6) is -5.85. The number of rotatable bonds is 0. The van der Waals surface area contributed by atoms with Gasteiger partial charge in [-0.05, 0) is 0 Å². The van der Waals surface area contributed by atoms with Crippen LogP contribution in [0.3, 0.4) is 0 Å². The molecule has 0 saturated carbocycles. The monoisotopic (exact) mass is 233 g/mol. The molecular weight excluding hydrogens is 227 g/mol. The van der Waals surface area contributed by atoms with Crippen molar-refractivity contribution >= 4 is 23.8 Å². The van der Waals surface area contributed by atoms with Gasteiger partial charge < -0.3 is 21.7 Å². The number of aliphatic carboxylic acids is 2. The molecule has 2 amide bonds. The number of primary amides is 2. The zero-order valence-electron chi connectivity index (χ0n) is 6.06. The number of amides is 2. The standard InChI is InChI=1S/2C2H3NO3.Mn/c2*3-1(4)2(5)6;/h2*(H2,3,4)(H,5,6);. The molecule has 0 heterocycles. The van der Waals surface area contributed by atoms with Crippen LogP contribution in [0, 0.1) is 0 Å². The van der Waals surface area contributed by atoms with E-state index < -0.39 is 23.8 Å². The number of carbonyl (C=O) groups excluding carboxylic acids is 2. The molecule has 8 nitrogen and oxygen atoms in total. The van der Waals surface area contributed by atoms with Gasteiger partial charge in [-0.3, -0.25) is 9.59 Å². The Morgan fingerprint density at radius 1 is 0.769 bits per heavy atom. The molecule has 0 saturated heterocycles. The van der Waals surface area contributed by atoms with Gasteiger partial charge in [-0.1, -0.05) is 0 Å². The van der Waals surface area contributed by atoms with Gasteiger partial charge in [-0.25, -0.2) is 9.59 Å². The van der Waals surface area contributed by atoms with Gasteiger partial charge in [-0.2, -0.15) is 0 Å². The van der Waals surface area contributed by atoms with Gasteiger partial charge in [0.2, 0.25) is 0 Å². The Kier molecular flexibility index (Phi) is 11.4. The molecule has 0 atom stereocenters. The fourth-order valence-corrected chi connectivity index (χ4v) is 0. The normalized spacial score (nSPS) is 6.77. The Morgan fingerprint density at radius 2 is 0.846 bits per heavy atom. The molecular formula is C4H6MnN2O6. The molecule has 0 aliphatic rings. The SMILES string of the molecule is NC(=O)C(=O)O.NC(=O)C(=O)O.[Mn]. The average molecular weight is 233 g/mol. The topological polar surface area (TPSA) is 161 Å². The summed E-state index contributed by atoms with van der Waals surface area (Å²) < 4.78 is 0. The maximum absolute atomic E-state index is 9.32. The first-order valence-electron chi connectivity index (χ1n) is 2.34. The van der Waals surface area contributed by atoms with E-state index in [1.54, 1.807) is 0 Å². The van der Waals surface area contributed by atoms with E-state index in [1.165, 1.54) is 0 Å². The molecule has 0 unspecified atom stereocenters. The molecule has 0 bridgehead atoms. The van der Waals surface area contributed by atoms with Crippen molar-refractivity contribution in [3.63, 3.8) is 0 Å². The van der Waals surface area contributed by atoms with Crippen molar-refractivity contribution in [2.45, 2.75) is 0 Å². The first kappa shape index (κ1) is 17.5. The Hall–Kier alpha value is -1.60. The predicted octanol–water partition coefficient (Wildman–Crippen LogP) is -2.89. The van der Waals surface area contributed by atoms with Crippen molar-refractivity contribution in [1.29, 1.82) is 0 Å². The zero-order chi connectivity index (χ0) is 10.3. The van der Waals surface area contributed by atoms with Gasteiger partial charge in [0.05, 0.1) is 0 Å². The fraction of sp³-hybridized carbons (Fsp3) is 0. The average Bonchev–Trinajstić information content (AvgIpc) is 1.88. The van der Waals surface area contributed by atoms with Crippen molar-refractivity contribution in [3.8, 4) is 0 Å². The molecule has 1 radical (unpaired) electrons. The summed E-state index contributed by atoms with van der Waals surface area (Å²) in [4.78, 5) is 37.1. The third-order valence-corrected chi connectivity index (χ3v) is 0.422. The summed E-state index contributed by atoms with van der Waals surface area (Å²) >= 11 is 0. The Labute approximate surface area is 82.3 Å². The Morgan fingerprint density at radius 3 is 0.846 bits per heavy atom. The van der Waals surface area contributed by atoms with Crippen molar-refractivity contribution in [2.75, 3.05) is 0 Å². The summed E-state index contributed by atoms with van der Waals surface area (Å²) in [6.45, 7) is 0. The molecule has 0 aliphatic carbocycles. The van der Waals surface area contributed by atoms with Crippen molar-refractivity contribution in [1.82, 2.24) is 0 Å². The third-order valence-electron chi connectivity index (χ3n) is 0.422. The minimum Gasteiger partial charge on any atom is -0.474 e. The van der Waals surface area contributed by atoms with Gasteiger partial charge in [0.15, 0.2) is 0 Å². The van der Waals surface area contributed by atoms with E-state index in [0.717, 1.165) is 0 Å². The molecule has 0 aliphatic heterocycles. The maximum atomic E-state index is 9.32. The number of hydrogen-bond donors (Lipinski definition) is 4. The largest absolute Gasteiger partial charge is 0.474 e. The van der Waals surface area contributed by atoms with Crippen molar-refractivity contribution in [3.05, 3.63) is 0 Å². The molecule has 6 N–H and O–H groups in total. The number of carboxylic acid groups (broad SMARTS) is 2. The third kappa shape index (κ3) is 17.9. The van der Waals surface area contributed by atoms with Gasteiger partial charge in [0.25, 0.3) is 0 Å². The quantitative estimate of drug-likeness (QED) is 0.259. The van der Waals surface area contributed by atoms with Crippen LogP contribution in [0.25, 0.3) is 0 Å². The minimum atomic E-state index is -1.60. The molecule has 0 spiro atoms. The van der Waals surface area contributed by atoms with E-state index in [9.17, 15) is 19.2 Å². The van der Waals surface area contributed by atoms with Gasteiger partial charge in [0.1, 0.15) is 0 Å². The van der Waals surface area contributed by atoms with E-state index >= 15 is 0 Å². The van der Waals surface area contributed by atoms with Crippen LogP contribution < -0.4 is 11.5 Å². The number of hydrogen-bond acceptors (Lipinski definition) is 4. The van der Waals surface area contributed by atoms with Crippen molar-refractivity contribution in [2.24, 2.45) is 11.5 Å². The summed E-state index contributed by atoms with van der Waals surface area (Å²) in [5, 5.41) is 15.0. The molecule has 0 rings (SSSR count). The van der Waals surface area contributed by atoms with Crippen molar-refractivity contribution < 1.29 is 46.5 Å². The van der Waals surface area contributed by atoms with Crippen LogP contribution >= 0.6 is 0 Å². The summed E-state index contributed by atoms with van der Waals surface area (Å²) in [7, 11) is 0. The van der Waals surface area contributed by atoms with Crippen LogP contribution in [0.2, 0.25) is 0 Å². The zero-order valence-corrected chi connectivity index (χ0v) is 7.24. The molecule has 13 heavy (non-hydrogen) atoms. The Balaban J connectivity index is -0.000000143. The van der Waals surface area contributed by atoms with Crippen LogP contribution in [0.5, 0.6) is 0 Å². The second-order valence-corrected chi connectivity index (χ2v) is 1.34. The smallest absolute Gasteiger partial charge is 0.394 e. The molecule has 0 aromatic heterocycles. The van der Waals surface area contributed by atoms with Gasteiger partial charge >= 0.3 is 23.8 Å². The number of nitrogens with two attached hydrogens (primary N) is 2. The fourth-order valence-electron chi connectivity index (χ4n) is 0. The predicted molar refractivity (Wildman–Crippen MR) is 33.7 cm³/mol. The minimum absolute atomic E-state index is 0. The van der Waals surface area contributed by atoms with Crippen LogP contribution in [-0.2, 0) is 36.2 Å². The van der Waals surface area contributed by atoms with Crippen LogP contribution in [0.1, 0.15) is 0 Å². The van der Waals surface area contributed by atoms with E-state index in [4.69, 9.17) is 10.2 Å². The molecule has 0 aromatic carbocycles. The van der Waals surface area contributed by atoms with Gasteiger partial charge in [-0.15, -0.1) is 0 Å². The Bertz CT molecular complexity index is 179. The summed E-state index contributed by atoms with van der Waals surface area (Å²) in [6.07, 6.45) is 0. The second-order valence-electron chi connectivity index (χ2n) is 1.34.